The Hall–Kier alpha value is -2.37. The van der Waals surface area contributed by atoms with Crippen molar-refractivity contribution >= 4 is 35.0 Å². The Bertz CT molecular complexity index is 799. The summed E-state index contributed by atoms with van der Waals surface area (Å²) < 4.78 is 12.9. The fourth-order valence-corrected chi connectivity index (χ4v) is 3.02. The molecule has 0 radical (unpaired) electrons. The lowest BCUT2D eigenvalue weighted by atomic mass is 10.2. The minimum Gasteiger partial charge on any atom is -0.367 e. The molecule has 6 heteroatoms. The summed E-state index contributed by atoms with van der Waals surface area (Å²) in [7, 11) is 2.10. The van der Waals surface area contributed by atoms with Crippen LogP contribution in [0.2, 0.25) is 5.02 Å². The van der Waals surface area contributed by atoms with E-state index in [1.54, 1.807) is 24.3 Å². The normalized spacial score (nSPS) is 15.4. The van der Waals surface area contributed by atoms with Gasteiger partial charge in [0, 0.05) is 37.3 Å². The van der Waals surface area contributed by atoms with Gasteiger partial charge in [-0.2, -0.15) is 0 Å². The molecule has 0 atom stereocenters. The molecule has 1 fully saturated rings. The number of nitrogens with zero attached hydrogens (tertiary/aromatic N) is 2. The van der Waals surface area contributed by atoms with Crippen LogP contribution in [0.15, 0.2) is 48.5 Å². The van der Waals surface area contributed by atoms with Crippen molar-refractivity contribution in [3.8, 4) is 0 Å². The summed E-state index contributed by atoms with van der Waals surface area (Å²) in [6.07, 6.45) is 3.08. The Morgan fingerprint density at radius 2 is 1.81 bits per heavy atom. The molecule has 0 spiro atoms. The molecule has 0 aromatic heterocycles. The molecule has 0 bridgehead atoms. The van der Waals surface area contributed by atoms with Crippen LogP contribution in [-0.2, 0) is 4.79 Å². The Morgan fingerprint density at radius 3 is 2.50 bits per heavy atom. The van der Waals surface area contributed by atoms with Crippen LogP contribution in [0.25, 0.3) is 6.08 Å². The number of piperazine rings is 1. The number of likely N-dealkylation sites (N-methyl/N-ethyl adjacent to an activating group) is 1. The topological polar surface area (TPSA) is 35.6 Å². The van der Waals surface area contributed by atoms with Gasteiger partial charge in [0.25, 0.3) is 0 Å². The molecular weight excluding hydrogens is 353 g/mol. The van der Waals surface area contributed by atoms with Gasteiger partial charge in [-0.3, -0.25) is 4.79 Å². The SMILES string of the molecule is CN1CCN(c2ccc(Cl)cc2NC(=O)/C=C/c2ccc(F)cc2)CC1. The van der Waals surface area contributed by atoms with Crippen LogP contribution in [-0.4, -0.2) is 44.0 Å². The third-order valence-electron chi connectivity index (χ3n) is 4.36. The molecule has 1 amide bonds. The molecule has 136 valence electrons. The quantitative estimate of drug-likeness (QED) is 0.826. The molecule has 1 saturated heterocycles. The minimum atomic E-state index is -0.303. The van der Waals surface area contributed by atoms with Gasteiger partial charge >= 0.3 is 0 Å². The highest BCUT2D eigenvalue weighted by molar-refractivity contribution is 6.31. The fraction of sp³-hybridized carbons (Fsp3) is 0.250. The molecule has 1 heterocycles. The van der Waals surface area contributed by atoms with Gasteiger partial charge in [-0.1, -0.05) is 23.7 Å². The first-order chi connectivity index (χ1) is 12.5. The van der Waals surface area contributed by atoms with Crippen molar-refractivity contribution in [1.82, 2.24) is 4.90 Å². The number of nitrogens with one attached hydrogen (secondary N) is 1. The number of halogens is 2. The summed E-state index contributed by atoms with van der Waals surface area (Å²) in [5.74, 6) is -0.561. The molecule has 26 heavy (non-hydrogen) atoms. The molecule has 0 unspecified atom stereocenters. The average molecular weight is 374 g/mol. The molecule has 4 nitrogen and oxygen atoms in total. The van der Waals surface area contributed by atoms with E-state index in [-0.39, 0.29) is 11.7 Å². The lowest BCUT2D eigenvalue weighted by Crippen LogP contribution is -2.44. The first kappa shape index (κ1) is 18.4. The number of rotatable bonds is 4. The number of anilines is 2. The van der Waals surface area contributed by atoms with Gasteiger partial charge in [0.15, 0.2) is 0 Å². The molecule has 1 aliphatic rings. The van der Waals surface area contributed by atoms with Gasteiger partial charge in [0.2, 0.25) is 5.91 Å². The van der Waals surface area contributed by atoms with Gasteiger partial charge in [0.1, 0.15) is 5.82 Å². The smallest absolute Gasteiger partial charge is 0.248 e. The lowest BCUT2D eigenvalue weighted by molar-refractivity contribution is -0.111. The standard InChI is InChI=1S/C20H21ClFN3O/c1-24-10-12-25(13-11-24)19-8-5-16(21)14-18(19)23-20(26)9-4-15-2-6-17(22)7-3-15/h2-9,14H,10-13H2,1H3,(H,23,26)/b9-4+. The Labute approximate surface area is 157 Å². The predicted octanol–water partition coefficient (Wildman–Crippen LogP) is 3.88. The zero-order valence-corrected chi connectivity index (χ0v) is 15.3. The maximum absolute atomic E-state index is 12.9. The summed E-state index contributed by atoms with van der Waals surface area (Å²) in [4.78, 5) is 16.8. The van der Waals surface area contributed by atoms with Crippen molar-refractivity contribution in [2.24, 2.45) is 0 Å². The maximum Gasteiger partial charge on any atom is 0.248 e. The van der Waals surface area contributed by atoms with Crippen LogP contribution in [0.1, 0.15) is 5.56 Å². The molecule has 2 aromatic rings. The number of carbonyl (C=O) groups is 1. The van der Waals surface area contributed by atoms with E-state index in [0.717, 1.165) is 37.4 Å². The largest absolute Gasteiger partial charge is 0.367 e. The van der Waals surface area contributed by atoms with E-state index in [2.05, 4.69) is 22.2 Å². The van der Waals surface area contributed by atoms with Crippen molar-refractivity contribution < 1.29 is 9.18 Å². The van der Waals surface area contributed by atoms with Crippen LogP contribution < -0.4 is 10.2 Å². The highest BCUT2D eigenvalue weighted by Crippen LogP contribution is 2.30. The number of hydrogen-bond donors (Lipinski definition) is 1. The Morgan fingerprint density at radius 1 is 1.12 bits per heavy atom. The third kappa shape index (κ3) is 4.84. The Kier molecular flexibility index (Phi) is 5.91. The van der Waals surface area contributed by atoms with Crippen LogP contribution in [0, 0.1) is 5.82 Å². The molecule has 1 N–H and O–H groups in total. The maximum atomic E-state index is 12.9. The second-order valence-electron chi connectivity index (χ2n) is 6.33. The molecular formula is C20H21ClFN3O. The second kappa shape index (κ2) is 8.34. The first-order valence-electron chi connectivity index (χ1n) is 8.49. The van der Waals surface area contributed by atoms with E-state index in [4.69, 9.17) is 11.6 Å². The number of hydrogen-bond acceptors (Lipinski definition) is 3. The molecule has 3 rings (SSSR count). The summed E-state index contributed by atoms with van der Waals surface area (Å²) in [6.45, 7) is 3.74. The first-order valence-corrected chi connectivity index (χ1v) is 8.87. The van der Waals surface area contributed by atoms with E-state index in [0.29, 0.717) is 10.7 Å². The summed E-state index contributed by atoms with van der Waals surface area (Å²) >= 11 is 6.12. The van der Waals surface area contributed by atoms with Crippen molar-refractivity contribution in [2.75, 3.05) is 43.4 Å². The molecule has 0 aliphatic carbocycles. The Balaban J connectivity index is 1.72. The van der Waals surface area contributed by atoms with Crippen LogP contribution in [0.4, 0.5) is 15.8 Å². The van der Waals surface area contributed by atoms with E-state index < -0.39 is 0 Å². The van der Waals surface area contributed by atoms with E-state index in [1.165, 1.54) is 18.2 Å². The number of carbonyl (C=O) groups excluding carboxylic acids is 1. The highest BCUT2D eigenvalue weighted by Gasteiger charge is 2.18. The molecule has 1 aliphatic heterocycles. The van der Waals surface area contributed by atoms with Gasteiger partial charge in [0.05, 0.1) is 11.4 Å². The predicted molar refractivity (Wildman–Crippen MR) is 105 cm³/mol. The summed E-state index contributed by atoms with van der Waals surface area (Å²) in [5.41, 5.74) is 2.41. The monoisotopic (exact) mass is 373 g/mol. The van der Waals surface area contributed by atoms with Crippen molar-refractivity contribution in [1.29, 1.82) is 0 Å². The summed E-state index contributed by atoms with van der Waals surface area (Å²) in [5, 5.41) is 3.47. The van der Waals surface area contributed by atoms with E-state index in [9.17, 15) is 9.18 Å². The molecule has 0 saturated carbocycles. The van der Waals surface area contributed by atoms with Crippen molar-refractivity contribution in [3.05, 3.63) is 64.9 Å². The van der Waals surface area contributed by atoms with Crippen LogP contribution in [0.5, 0.6) is 0 Å². The second-order valence-corrected chi connectivity index (χ2v) is 6.76. The summed E-state index contributed by atoms with van der Waals surface area (Å²) in [6, 6.07) is 11.5. The lowest BCUT2D eigenvalue weighted by Gasteiger charge is -2.35. The average Bonchev–Trinajstić information content (AvgIpc) is 2.62. The van der Waals surface area contributed by atoms with Gasteiger partial charge in [-0.05, 0) is 49.0 Å². The zero-order chi connectivity index (χ0) is 18.5. The minimum absolute atomic E-state index is 0.257. The van der Waals surface area contributed by atoms with Gasteiger partial charge in [-0.15, -0.1) is 0 Å². The number of benzene rings is 2. The van der Waals surface area contributed by atoms with Gasteiger partial charge < -0.3 is 15.1 Å². The third-order valence-corrected chi connectivity index (χ3v) is 4.59. The molecule has 2 aromatic carbocycles. The fourth-order valence-electron chi connectivity index (χ4n) is 2.85. The zero-order valence-electron chi connectivity index (χ0n) is 14.6. The van der Waals surface area contributed by atoms with Crippen LogP contribution in [0.3, 0.4) is 0 Å². The van der Waals surface area contributed by atoms with E-state index >= 15 is 0 Å². The van der Waals surface area contributed by atoms with Crippen LogP contribution >= 0.6 is 11.6 Å². The highest BCUT2D eigenvalue weighted by atomic mass is 35.5. The number of amides is 1. The van der Waals surface area contributed by atoms with E-state index in [1.807, 2.05) is 12.1 Å². The van der Waals surface area contributed by atoms with Crippen molar-refractivity contribution in [2.45, 2.75) is 0 Å². The van der Waals surface area contributed by atoms with Gasteiger partial charge in [-0.25, -0.2) is 4.39 Å². The van der Waals surface area contributed by atoms with Crippen molar-refractivity contribution in [3.63, 3.8) is 0 Å².